The molecule has 0 aliphatic rings. The summed E-state index contributed by atoms with van der Waals surface area (Å²) in [5, 5.41) is 18.1. The van der Waals surface area contributed by atoms with Gasteiger partial charge in [0.2, 0.25) is 0 Å². The zero-order valence-corrected chi connectivity index (χ0v) is 22.2. The van der Waals surface area contributed by atoms with Gasteiger partial charge in [-0.2, -0.15) is 0 Å². The summed E-state index contributed by atoms with van der Waals surface area (Å²) in [6.07, 6.45) is 14.7. The molecule has 0 saturated carbocycles. The molecule has 0 saturated heterocycles. The van der Waals surface area contributed by atoms with Gasteiger partial charge in [0, 0.05) is 6.42 Å². The van der Waals surface area contributed by atoms with E-state index in [2.05, 4.69) is 66.7 Å². The number of benzene rings is 3. The van der Waals surface area contributed by atoms with Crippen molar-refractivity contribution in [3.63, 3.8) is 0 Å². The topological polar surface area (TPSA) is 74.6 Å². The van der Waals surface area contributed by atoms with E-state index in [0.717, 1.165) is 44.1 Å². The molecule has 200 valence electrons. The van der Waals surface area contributed by atoms with E-state index >= 15 is 0 Å². The van der Waals surface area contributed by atoms with Crippen molar-refractivity contribution in [1.82, 2.24) is 0 Å². The summed E-state index contributed by atoms with van der Waals surface area (Å²) in [5.41, 5.74) is 5.49. The Morgan fingerprint density at radius 2 is 1.37 bits per heavy atom. The molecule has 0 heterocycles. The van der Waals surface area contributed by atoms with Gasteiger partial charge in [0.25, 0.3) is 0 Å². The summed E-state index contributed by atoms with van der Waals surface area (Å²) in [7, 11) is 0. The predicted molar refractivity (Wildman–Crippen MR) is 154 cm³/mol. The number of carboxylic acids is 2. The SMILES string of the molecule is O=C(O)CCCCC(/C=C\Cc1cccc(CCCCCc2ccccc2)c1)Cc1ccc(C(=O)O)cc1. The highest BCUT2D eigenvalue weighted by atomic mass is 16.4. The molecule has 0 radical (unpaired) electrons. The monoisotopic (exact) mass is 512 g/mol. The number of rotatable bonds is 17. The van der Waals surface area contributed by atoms with Gasteiger partial charge in [0.15, 0.2) is 0 Å². The highest BCUT2D eigenvalue weighted by Crippen LogP contribution is 2.19. The van der Waals surface area contributed by atoms with Gasteiger partial charge in [-0.05, 0) is 91.7 Å². The Bertz CT molecular complexity index is 1150. The van der Waals surface area contributed by atoms with E-state index in [1.807, 2.05) is 12.1 Å². The summed E-state index contributed by atoms with van der Waals surface area (Å²) >= 11 is 0. The van der Waals surface area contributed by atoms with Crippen LogP contribution in [0.1, 0.15) is 77.6 Å². The summed E-state index contributed by atoms with van der Waals surface area (Å²) in [4.78, 5) is 22.0. The van der Waals surface area contributed by atoms with E-state index in [9.17, 15) is 9.59 Å². The van der Waals surface area contributed by atoms with Crippen LogP contribution in [0.4, 0.5) is 0 Å². The van der Waals surface area contributed by atoms with Crippen LogP contribution in [-0.2, 0) is 30.5 Å². The third-order valence-electron chi connectivity index (χ3n) is 6.94. The van der Waals surface area contributed by atoms with Gasteiger partial charge < -0.3 is 10.2 Å². The van der Waals surface area contributed by atoms with E-state index in [1.165, 1.54) is 36.0 Å². The molecular weight excluding hydrogens is 472 g/mol. The molecule has 0 aliphatic carbocycles. The van der Waals surface area contributed by atoms with Crippen molar-refractivity contribution < 1.29 is 19.8 Å². The lowest BCUT2D eigenvalue weighted by atomic mass is 9.92. The number of carboxylic acid groups (broad SMARTS) is 2. The van der Waals surface area contributed by atoms with Gasteiger partial charge in [-0.3, -0.25) is 4.79 Å². The van der Waals surface area contributed by atoms with Gasteiger partial charge in [0.05, 0.1) is 5.56 Å². The minimum Gasteiger partial charge on any atom is -0.481 e. The molecule has 3 aromatic carbocycles. The molecule has 0 aliphatic heterocycles. The smallest absolute Gasteiger partial charge is 0.335 e. The maximum atomic E-state index is 11.1. The molecule has 0 amide bonds. The largest absolute Gasteiger partial charge is 0.481 e. The fourth-order valence-corrected chi connectivity index (χ4v) is 4.82. The molecule has 38 heavy (non-hydrogen) atoms. The van der Waals surface area contributed by atoms with E-state index in [1.54, 1.807) is 12.1 Å². The van der Waals surface area contributed by atoms with Crippen LogP contribution in [0.3, 0.4) is 0 Å². The molecule has 4 heteroatoms. The normalized spacial score (nSPS) is 12.0. The Morgan fingerprint density at radius 3 is 2.08 bits per heavy atom. The predicted octanol–water partition coefficient (Wildman–Crippen LogP) is 7.94. The summed E-state index contributed by atoms with van der Waals surface area (Å²) in [5.74, 6) is -1.39. The molecule has 3 rings (SSSR count). The van der Waals surface area contributed by atoms with Gasteiger partial charge in [-0.25, -0.2) is 4.79 Å². The highest BCUT2D eigenvalue weighted by molar-refractivity contribution is 5.87. The van der Waals surface area contributed by atoms with E-state index in [4.69, 9.17) is 10.2 Å². The van der Waals surface area contributed by atoms with E-state index in [-0.39, 0.29) is 12.3 Å². The Hall–Kier alpha value is -3.66. The summed E-state index contributed by atoms with van der Waals surface area (Å²) in [6, 6.07) is 26.6. The van der Waals surface area contributed by atoms with Crippen LogP contribution in [0.5, 0.6) is 0 Å². The molecule has 2 N–H and O–H groups in total. The fourth-order valence-electron chi connectivity index (χ4n) is 4.82. The van der Waals surface area contributed by atoms with Crippen LogP contribution in [0.25, 0.3) is 0 Å². The number of unbranched alkanes of at least 4 members (excludes halogenated alkanes) is 3. The van der Waals surface area contributed by atoms with Crippen LogP contribution < -0.4 is 0 Å². The van der Waals surface area contributed by atoms with E-state index < -0.39 is 11.9 Å². The fraction of sp³-hybridized carbons (Fsp3) is 0.353. The molecular formula is C34H40O4. The number of hydrogen-bond donors (Lipinski definition) is 2. The van der Waals surface area contributed by atoms with Crippen LogP contribution in [0.15, 0.2) is 91.0 Å². The standard InChI is InChI=1S/C34H40O4/c35-33(36)20-8-7-15-29(26-31-21-23-32(24-22-31)34(37)38)17-10-19-30-18-9-16-28(25-30)14-6-2-5-13-27-11-3-1-4-12-27/h1,3-4,9-12,16-18,21-25,29H,2,5-8,13-15,19-20,26H2,(H,35,36)(H,37,38)/b17-10-. The Labute approximate surface area is 227 Å². The first-order valence-corrected chi connectivity index (χ1v) is 13.8. The first-order chi connectivity index (χ1) is 18.5. The highest BCUT2D eigenvalue weighted by Gasteiger charge is 2.09. The Balaban J connectivity index is 1.49. The number of aryl methyl sites for hydroxylation is 2. The molecule has 4 nitrogen and oxygen atoms in total. The number of aliphatic carboxylic acids is 1. The molecule has 0 bridgehead atoms. The van der Waals surface area contributed by atoms with Gasteiger partial charge in [-0.15, -0.1) is 0 Å². The van der Waals surface area contributed by atoms with Crippen molar-refractivity contribution in [3.8, 4) is 0 Å². The third-order valence-corrected chi connectivity index (χ3v) is 6.94. The van der Waals surface area contributed by atoms with Crippen molar-refractivity contribution in [2.24, 2.45) is 5.92 Å². The van der Waals surface area contributed by atoms with Crippen molar-refractivity contribution in [3.05, 3.63) is 119 Å². The minimum absolute atomic E-state index is 0.197. The van der Waals surface area contributed by atoms with Crippen LogP contribution in [-0.4, -0.2) is 22.2 Å². The lowest BCUT2D eigenvalue weighted by Gasteiger charge is -2.13. The zero-order valence-electron chi connectivity index (χ0n) is 22.2. The number of allylic oxidation sites excluding steroid dienone is 2. The number of hydrogen-bond acceptors (Lipinski definition) is 2. The van der Waals surface area contributed by atoms with Crippen LogP contribution >= 0.6 is 0 Å². The third kappa shape index (κ3) is 11.2. The maximum Gasteiger partial charge on any atom is 0.335 e. The van der Waals surface area contributed by atoms with Crippen molar-refractivity contribution in [2.75, 3.05) is 0 Å². The first-order valence-electron chi connectivity index (χ1n) is 13.8. The molecule has 0 fully saturated rings. The molecule has 1 atom stereocenters. The molecule has 0 aromatic heterocycles. The first kappa shape index (κ1) is 28.9. The van der Waals surface area contributed by atoms with E-state index in [0.29, 0.717) is 12.0 Å². The number of carbonyl (C=O) groups is 2. The average molecular weight is 513 g/mol. The lowest BCUT2D eigenvalue weighted by Crippen LogP contribution is -2.04. The Morgan fingerprint density at radius 1 is 0.684 bits per heavy atom. The maximum absolute atomic E-state index is 11.1. The summed E-state index contributed by atoms with van der Waals surface area (Å²) in [6.45, 7) is 0. The molecule has 1 unspecified atom stereocenters. The number of aromatic carboxylic acids is 1. The van der Waals surface area contributed by atoms with Gasteiger partial charge in [0.1, 0.15) is 0 Å². The lowest BCUT2D eigenvalue weighted by molar-refractivity contribution is -0.137. The van der Waals surface area contributed by atoms with Crippen LogP contribution in [0, 0.1) is 5.92 Å². The van der Waals surface area contributed by atoms with Crippen LogP contribution in [0.2, 0.25) is 0 Å². The second kappa shape index (κ2) is 16.2. The van der Waals surface area contributed by atoms with Crippen molar-refractivity contribution in [2.45, 2.75) is 70.6 Å². The van der Waals surface area contributed by atoms with Crippen molar-refractivity contribution >= 4 is 11.9 Å². The molecule has 3 aromatic rings. The average Bonchev–Trinajstić information content (AvgIpc) is 2.92. The second-order valence-corrected chi connectivity index (χ2v) is 10.1. The molecule has 0 spiro atoms. The minimum atomic E-state index is -0.920. The zero-order chi connectivity index (χ0) is 27.0. The summed E-state index contributed by atoms with van der Waals surface area (Å²) < 4.78 is 0. The quantitative estimate of drug-likeness (QED) is 0.142. The van der Waals surface area contributed by atoms with Gasteiger partial charge >= 0.3 is 11.9 Å². The Kier molecular flexibility index (Phi) is 12.4. The second-order valence-electron chi connectivity index (χ2n) is 10.1. The van der Waals surface area contributed by atoms with Gasteiger partial charge in [-0.1, -0.05) is 91.7 Å². The van der Waals surface area contributed by atoms with Crippen molar-refractivity contribution in [1.29, 1.82) is 0 Å².